The molecule has 1 aliphatic heterocycles. The van der Waals surface area contributed by atoms with E-state index in [0.29, 0.717) is 11.4 Å². The van der Waals surface area contributed by atoms with E-state index in [9.17, 15) is 14.4 Å². The van der Waals surface area contributed by atoms with Crippen LogP contribution in [-0.4, -0.2) is 29.2 Å². The van der Waals surface area contributed by atoms with Crippen LogP contribution in [0.4, 0.5) is 5.69 Å². The van der Waals surface area contributed by atoms with Crippen molar-refractivity contribution in [2.45, 2.75) is 39.2 Å². The number of hydrogen-bond donors (Lipinski definition) is 0. The van der Waals surface area contributed by atoms with Crippen molar-refractivity contribution < 1.29 is 18.8 Å². The van der Waals surface area contributed by atoms with Crippen LogP contribution >= 0.6 is 0 Å². The zero-order chi connectivity index (χ0) is 19.7. The Hall–Kier alpha value is -2.89. The molecule has 3 amide bonds. The van der Waals surface area contributed by atoms with E-state index in [4.69, 9.17) is 4.42 Å². The topological polar surface area (TPSA) is 70.8 Å². The Kier molecular flexibility index (Phi) is 5.03. The normalized spacial score (nSPS) is 21.7. The number of hydrogen-bond acceptors (Lipinski definition) is 4. The fraction of sp³-hybridized carbons (Fsp3) is 0.409. The van der Waals surface area contributed by atoms with Crippen molar-refractivity contribution in [3.63, 3.8) is 0 Å². The predicted molar refractivity (Wildman–Crippen MR) is 103 cm³/mol. The highest BCUT2D eigenvalue weighted by Gasteiger charge is 2.48. The van der Waals surface area contributed by atoms with Crippen molar-refractivity contribution >= 4 is 23.4 Å². The molecule has 2 aliphatic rings. The Morgan fingerprint density at radius 1 is 1.07 bits per heavy atom. The van der Waals surface area contributed by atoms with Crippen LogP contribution in [0.25, 0.3) is 0 Å². The number of fused-ring (bicyclic) bond motifs is 1. The maximum Gasteiger partial charge on any atom is 0.247 e. The highest BCUT2D eigenvalue weighted by molar-refractivity contribution is 6.09. The second kappa shape index (κ2) is 7.62. The zero-order valence-corrected chi connectivity index (χ0v) is 16.0. The molecule has 146 valence electrons. The van der Waals surface area contributed by atoms with E-state index in [1.807, 2.05) is 31.2 Å². The minimum atomic E-state index is -0.291. The highest BCUT2D eigenvalue weighted by atomic mass is 16.3. The average Bonchev–Trinajstić information content (AvgIpc) is 3.30. The van der Waals surface area contributed by atoms with Crippen LogP contribution in [-0.2, 0) is 20.9 Å². The van der Waals surface area contributed by atoms with Gasteiger partial charge in [-0.3, -0.25) is 19.3 Å². The number of amides is 3. The first-order valence-electron chi connectivity index (χ1n) is 9.79. The van der Waals surface area contributed by atoms with Crippen LogP contribution in [0, 0.1) is 18.8 Å². The van der Waals surface area contributed by atoms with Gasteiger partial charge in [0.1, 0.15) is 12.3 Å². The smallest absolute Gasteiger partial charge is 0.247 e. The fourth-order valence-corrected chi connectivity index (χ4v) is 4.21. The fourth-order valence-electron chi connectivity index (χ4n) is 4.21. The molecular weight excluding hydrogens is 356 g/mol. The third kappa shape index (κ3) is 3.46. The molecule has 6 nitrogen and oxygen atoms in total. The summed E-state index contributed by atoms with van der Waals surface area (Å²) < 4.78 is 5.41. The molecule has 1 saturated carbocycles. The molecule has 2 fully saturated rings. The van der Waals surface area contributed by atoms with Crippen molar-refractivity contribution in [3.8, 4) is 0 Å². The van der Waals surface area contributed by atoms with Crippen LogP contribution < -0.4 is 4.90 Å². The van der Waals surface area contributed by atoms with Crippen molar-refractivity contribution in [3.05, 3.63) is 54.0 Å². The first kappa shape index (κ1) is 18.5. The molecule has 0 radical (unpaired) electrons. The number of likely N-dealkylation sites (tertiary alicyclic amines) is 1. The summed E-state index contributed by atoms with van der Waals surface area (Å²) >= 11 is 0. The molecule has 0 spiro atoms. The van der Waals surface area contributed by atoms with E-state index in [2.05, 4.69) is 0 Å². The van der Waals surface area contributed by atoms with Crippen molar-refractivity contribution in [2.75, 3.05) is 11.4 Å². The highest BCUT2D eigenvalue weighted by Crippen LogP contribution is 2.38. The van der Waals surface area contributed by atoms with Crippen molar-refractivity contribution in [1.29, 1.82) is 0 Å². The summed E-state index contributed by atoms with van der Waals surface area (Å²) in [7, 11) is 0. The van der Waals surface area contributed by atoms with E-state index in [0.717, 1.165) is 31.2 Å². The molecule has 1 aliphatic carbocycles. The number of imide groups is 1. The molecular formula is C22H24N2O4. The van der Waals surface area contributed by atoms with E-state index >= 15 is 0 Å². The second-order valence-corrected chi connectivity index (χ2v) is 7.65. The molecule has 0 N–H and O–H groups in total. The maximum absolute atomic E-state index is 13.1. The van der Waals surface area contributed by atoms with Crippen LogP contribution in [0.3, 0.4) is 0 Å². The molecule has 0 bridgehead atoms. The summed E-state index contributed by atoms with van der Waals surface area (Å²) in [5.41, 5.74) is 1.80. The van der Waals surface area contributed by atoms with Crippen LogP contribution in [0.1, 0.15) is 37.0 Å². The summed E-state index contributed by atoms with van der Waals surface area (Å²) in [5, 5.41) is 0. The summed E-state index contributed by atoms with van der Waals surface area (Å²) in [6.45, 7) is 2.00. The van der Waals surface area contributed by atoms with E-state index in [1.54, 1.807) is 23.3 Å². The Balaban J connectivity index is 1.56. The van der Waals surface area contributed by atoms with Crippen LogP contribution in [0.5, 0.6) is 0 Å². The number of carbonyl (C=O) groups excluding carboxylic acids is 3. The monoisotopic (exact) mass is 380 g/mol. The Labute approximate surface area is 164 Å². The number of anilines is 1. The molecule has 4 rings (SSSR count). The van der Waals surface area contributed by atoms with Gasteiger partial charge in [-0.05, 0) is 44.0 Å². The molecule has 1 aromatic heterocycles. The standard InChI is InChI=1S/C22H24N2O4/c1-15-8-10-16(11-9-15)23(13-17-5-4-12-28-17)20(25)14-24-21(26)18-6-2-3-7-19(18)22(24)27/h4-5,8-12,18-19H,2-3,6-7,13-14H2,1H3/t18-,19-/m1/s1. The Bertz CT molecular complexity index is 848. The predicted octanol–water partition coefficient (Wildman–Crippen LogP) is 3.30. The van der Waals surface area contributed by atoms with E-state index in [-0.39, 0.29) is 42.6 Å². The lowest BCUT2D eigenvalue weighted by Gasteiger charge is -2.24. The molecule has 6 heteroatoms. The van der Waals surface area contributed by atoms with Gasteiger partial charge in [-0.1, -0.05) is 30.5 Å². The molecule has 2 heterocycles. The van der Waals surface area contributed by atoms with Crippen LogP contribution in [0.2, 0.25) is 0 Å². The molecule has 0 unspecified atom stereocenters. The summed E-state index contributed by atoms with van der Waals surface area (Å²) in [4.78, 5) is 41.3. The Morgan fingerprint density at radius 2 is 1.71 bits per heavy atom. The van der Waals surface area contributed by atoms with Gasteiger partial charge >= 0.3 is 0 Å². The SMILES string of the molecule is Cc1ccc(N(Cc2ccco2)C(=O)CN2C(=O)[C@@H]3CCCC[C@H]3C2=O)cc1. The van der Waals surface area contributed by atoms with E-state index < -0.39 is 0 Å². The lowest BCUT2D eigenvalue weighted by atomic mass is 9.81. The quantitative estimate of drug-likeness (QED) is 0.746. The second-order valence-electron chi connectivity index (χ2n) is 7.65. The van der Waals surface area contributed by atoms with Gasteiger partial charge in [-0.25, -0.2) is 0 Å². The Morgan fingerprint density at radius 3 is 2.29 bits per heavy atom. The largest absolute Gasteiger partial charge is 0.467 e. The lowest BCUT2D eigenvalue weighted by molar-refractivity contribution is -0.143. The van der Waals surface area contributed by atoms with Crippen molar-refractivity contribution in [1.82, 2.24) is 4.90 Å². The van der Waals surface area contributed by atoms with Gasteiger partial charge in [0, 0.05) is 5.69 Å². The average molecular weight is 380 g/mol. The summed E-state index contributed by atoms with van der Waals surface area (Å²) in [6.07, 6.45) is 4.99. The molecule has 2 aromatic rings. The molecule has 28 heavy (non-hydrogen) atoms. The lowest BCUT2D eigenvalue weighted by Crippen LogP contribution is -2.43. The molecule has 1 aromatic carbocycles. The van der Waals surface area contributed by atoms with Gasteiger partial charge in [0.25, 0.3) is 0 Å². The number of furan rings is 1. The van der Waals surface area contributed by atoms with Gasteiger partial charge in [0.15, 0.2) is 0 Å². The number of carbonyl (C=O) groups is 3. The minimum absolute atomic E-state index is 0.190. The molecule has 2 atom stereocenters. The number of nitrogens with zero attached hydrogens (tertiary/aromatic N) is 2. The first-order chi connectivity index (χ1) is 13.5. The molecule has 1 saturated heterocycles. The minimum Gasteiger partial charge on any atom is -0.467 e. The maximum atomic E-state index is 13.1. The number of aryl methyl sites for hydroxylation is 1. The summed E-state index contributed by atoms with van der Waals surface area (Å²) in [5.74, 6) is -0.518. The van der Waals surface area contributed by atoms with Gasteiger partial charge in [-0.15, -0.1) is 0 Å². The van der Waals surface area contributed by atoms with E-state index in [1.165, 1.54) is 4.90 Å². The van der Waals surface area contributed by atoms with Gasteiger partial charge < -0.3 is 9.32 Å². The van der Waals surface area contributed by atoms with Gasteiger partial charge in [-0.2, -0.15) is 0 Å². The summed E-state index contributed by atoms with van der Waals surface area (Å²) in [6, 6.07) is 11.2. The van der Waals surface area contributed by atoms with Gasteiger partial charge in [0.05, 0.1) is 24.6 Å². The van der Waals surface area contributed by atoms with Crippen molar-refractivity contribution in [2.24, 2.45) is 11.8 Å². The third-order valence-electron chi connectivity index (χ3n) is 5.77. The zero-order valence-electron chi connectivity index (χ0n) is 16.0. The first-order valence-corrected chi connectivity index (χ1v) is 9.79. The van der Waals surface area contributed by atoms with Gasteiger partial charge in [0.2, 0.25) is 17.7 Å². The number of rotatable bonds is 5. The third-order valence-corrected chi connectivity index (χ3v) is 5.77. The van der Waals surface area contributed by atoms with Crippen LogP contribution in [0.15, 0.2) is 47.1 Å². The number of benzene rings is 1.